The molecule has 0 saturated carbocycles. The average molecular weight is 248 g/mol. The molecule has 6 heteroatoms. The van der Waals surface area contributed by atoms with Crippen molar-refractivity contribution in [3.63, 3.8) is 0 Å². The van der Waals surface area contributed by atoms with Crippen LogP contribution < -0.4 is 4.74 Å². The van der Waals surface area contributed by atoms with Crippen LogP contribution in [-0.2, 0) is 4.74 Å². The maximum Gasteiger partial charge on any atom is 0.343 e. The number of carbonyl (C=O) groups excluding carboxylic acids is 1. The smallest absolute Gasteiger partial charge is 0.343 e. The number of aromatic nitrogens is 2. The van der Waals surface area contributed by atoms with Crippen molar-refractivity contribution in [3.8, 4) is 17.1 Å². The van der Waals surface area contributed by atoms with Gasteiger partial charge in [-0.2, -0.15) is 0 Å². The molecular weight excluding hydrogens is 236 g/mol. The predicted molar refractivity (Wildman–Crippen MR) is 62.4 cm³/mol. The Kier molecular flexibility index (Phi) is 3.27. The molecule has 0 N–H and O–H groups in total. The molecule has 0 aliphatic heterocycles. The highest BCUT2D eigenvalue weighted by Crippen LogP contribution is 2.25. The highest BCUT2D eigenvalue weighted by molar-refractivity contribution is 5.96. The van der Waals surface area contributed by atoms with Gasteiger partial charge in [0.25, 0.3) is 0 Å². The molecule has 0 bridgehead atoms. The summed E-state index contributed by atoms with van der Waals surface area (Å²) in [5.74, 6) is 0.523. The van der Waals surface area contributed by atoms with E-state index in [1.165, 1.54) is 7.11 Å². The first kappa shape index (κ1) is 12.1. The number of hydrogen-bond acceptors (Lipinski definition) is 6. The van der Waals surface area contributed by atoms with E-state index in [9.17, 15) is 4.79 Å². The van der Waals surface area contributed by atoms with E-state index in [2.05, 4.69) is 10.1 Å². The van der Waals surface area contributed by atoms with E-state index < -0.39 is 5.97 Å². The largest absolute Gasteiger partial charge is 0.495 e. The normalized spacial score (nSPS) is 10.2. The summed E-state index contributed by atoms with van der Waals surface area (Å²) in [6.07, 6.45) is 1.54. The summed E-state index contributed by atoms with van der Waals surface area (Å²) < 4.78 is 14.7. The maximum absolute atomic E-state index is 11.6. The number of pyridine rings is 1. The van der Waals surface area contributed by atoms with Gasteiger partial charge in [0, 0.05) is 0 Å². The van der Waals surface area contributed by atoms with Crippen LogP contribution >= 0.6 is 0 Å². The lowest BCUT2D eigenvalue weighted by atomic mass is 10.1. The molecular formula is C12H12N2O4. The Labute approximate surface area is 104 Å². The zero-order valence-electron chi connectivity index (χ0n) is 10.3. The minimum atomic E-state index is -0.499. The van der Waals surface area contributed by atoms with Gasteiger partial charge in [-0.05, 0) is 19.1 Å². The summed E-state index contributed by atoms with van der Waals surface area (Å²) in [6.45, 7) is 1.65. The summed E-state index contributed by atoms with van der Waals surface area (Å²) in [7, 11) is 2.86. The van der Waals surface area contributed by atoms with Crippen molar-refractivity contribution in [2.45, 2.75) is 6.92 Å². The molecule has 2 aromatic rings. The zero-order chi connectivity index (χ0) is 13.1. The molecule has 2 aromatic heterocycles. The number of esters is 1. The van der Waals surface area contributed by atoms with E-state index >= 15 is 0 Å². The quantitative estimate of drug-likeness (QED) is 0.771. The van der Waals surface area contributed by atoms with Crippen LogP contribution in [0.3, 0.4) is 0 Å². The van der Waals surface area contributed by atoms with Crippen LogP contribution in [0.2, 0.25) is 0 Å². The van der Waals surface area contributed by atoms with Crippen molar-refractivity contribution >= 4 is 5.97 Å². The van der Waals surface area contributed by atoms with Crippen molar-refractivity contribution in [3.05, 3.63) is 29.7 Å². The number of carbonyl (C=O) groups is 1. The van der Waals surface area contributed by atoms with Crippen LogP contribution in [-0.4, -0.2) is 30.3 Å². The van der Waals surface area contributed by atoms with E-state index in [-0.39, 0.29) is 5.56 Å². The molecule has 2 rings (SSSR count). The van der Waals surface area contributed by atoms with Crippen LogP contribution in [0, 0.1) is 6.92 Å². The van der Waals surface area contributed by atoms with Gasteiger partial charge in [-0.1, -0.05) is 5.16 Å². The van der Waals surface area contributed by atoms with Crippen molar-refractivity contribution < 1.29 is 18.8 Å². The molecule has 0 spiro atoms. The third-order valence-corrected chi connectivity index (χ3v) is 2.47. The van der Waals surface area contributed by atoms with E-state index in [1.807, 2.05) is 0 Å². The number of rotatable bonds is 3. The van der Waals surface area contributed by atoms with Crippen molar-refractivity contribution in [2.24, 2.45) is 0 Å². The maximum atomic E-state index is 11.6. The van der Waals surface area contributed by atoms with Crippen LogP contribution in [0.15, 0.2) is 22.9 Å². The summed E-state index contributed by atoms with van der Waals surface area (Å²) in [4.78, 5) is 15.8. The fourth-order valence-electron chi connectivity index (χ4n) is 1.53. The first-order valence-corrected chi connectivity index (χ1v) is 5.22. The molecule has 0 amide bonds. The Balaban J connectivity index is 2.47. The fourth-order valence-corrected chi connectivity index (χ4v) is 1.53. The predicted octanol–water partition coefficient (Wildman–Crippen LogP) is 1.84. The summed E-state index contributed by atoms with van der Waals surface area (Å²) in [5, 5.41) is 3.83. The molecule has 0 aromatic carbocycles. The Morgan fingerprint density at radius 3 is 2.67 bits per heavy atom. The molecule has 0 aliphatic rings. The third kappa shape index (κ3) is 2.04. The van der Waals surface area contributed by atoms with Gasteiger partial charge < -0.3 is 14.0 Å². The van der Waals surface area contributed by atoms with Crippen molar-refractivity contribution in [1.29, 1.82) is 0 Å². The van der Waals surface area contributed by atoms with Gasteiger partial charge in [0.15, 0.2) is 0 Å². The average Bonchev–Trinajstić information content (AvgIpc) is 2.80. The number of methoxy groups -OCH3 is 2. The second-order valence-corrected chi connectivity index (χ2v) is 3.54. The molecule has 0 saturated heterocycles. The van der Waals surface area contributed by atoms with E-state index in [0.717, 1.165) is 0 Å². The van der Waals surface area contributed by atoms with Gasteiger partial charge >= 0.3 is 5.97 Å². The molecule has 0 fully saturated rings. The van der Waals surface area contributed by atoms with Gasteiger partial charge in [-0.25, -0.2) is 4.79 Å². The summed E-state index contributed by atoms with van der Waals surface area (Å²) >= 11 is 0. The highest BCUT2D eigenvalue weighted by Gasteiger charge is 2.22. The highest BCUT2D eigenvalue weighted by atomic mass is 16.5. The minimum absolute atomic E-state index is 0.287. The summed E-state index contributed by atoms with van der Waals surface area (Å²) in [6, 6.07) is 3.43. The first-order valence-electron chi connectivity index (χ1n) is 5.22. The Morgan fingerprint density at radius 1 is 1.33 bits per heavy atom. The van der Waals surface area contributed by atoms with Gasteiger partial charge in [0.1, 0.15) is 22.8 Å². The fraction of sp³-hybridized carbons (Fsp3) is 0.250. The molecule has 2 heterocycles. The molecule has 94 valence electrons. The van der Waals surface area contributed by atoms with Crippen molar-refractivity contribution in [2.75, 3.05) is 14.2 Å². The molecule has 0 atom stereocenters. The van der Waals surface area contributed by atoms with E-state index in [1.54, 1.807) is 32.4 Å². The number of hydrogen-bond donors (Lipinski definition) is 0. The van der Waals surface area contributed by atoms with Gasteiger partial charge in [-0.3, -0.25) is 4.98 Å². The second-order valence-electron chi connectivity index (χ2n) is 3.54. The lowest BCUT2D eigenvalue weighted by Crippen LogP contribution is -2.04. The number of ether oxygens (including phenoxy) is 2. The Hall–Kier alpha value is -2.37. The first-order chi connectivity index (χ1) is 8.67. The molecule has 0 radical (unpaired) electrons. The molecule has 0 aliphatic carbocycles. The van der Waals surface area contributed by atoms with Crippen LogP contribution in [0.4, 0.5) is 0 Å². The number of aryl methyl sites for hydroxylation is 1. The van der Waals surface area contributed by atoms with Gasteiger partial charge in [0.05, 0.1) is 26.1 Å². The van der Waals surface area contributed by atoms with E-state index in [0.29, 0.717) is 22.9 Å². The topological polar surface area (TPSA) is 74.5 Å². The Morgan fingerprint density at radius 2 is 2.11 bits per heavy atom. The standard InChI is InChI=1S/C12H12N2O4/c1-7-10(12(15)17-3)11(14-18-7)9-5-4-8(16-2)6-13-9/h4-6H,1-3H3. The van der Waals surface area contributed by atoms with Gasteiger partial charge in [-0.15, -0.1) is 0 Å². The SMILES string of the molecule is COC(=O)c1c(-c2ccc(OC)cn2)noc1C. The third-order valence-electron chi connectivity index (χ3n) is 2.47. The van der Waals surface area contributed by atoms with E-state index in [4.69, 9.17) is 14.0 Å². The minimum Gasteiger partial charge on any atom is -0.495 e. The van der Waals surface area contributed by atoms with Crippen LogP contribution in [0.25, 0.3) is 11.4 Å². The Bertz CT molecular complexity index is 560. The lowest BCUT2D eigenvalue weighted by Gasteiger charge is -2.01. The lowest BCUT2D eigenvalue weighted by molar-refractivity contribution is 0.0599. The second kappa shape index (κ2) is 4.87. The zero-order valence-corrected chi connectivity index (χ0v) is 10.3. The van der Waals surface area contributed by atoms with Crippen LogP contribution in [0.5, 0.6) is 5.75 Å². The van der Waals surface area contributed by atoms with Crippen LogP contribution in [0.1, 0.15) is 16.1 Å². The summed E-state index contributed by atoms with van der Waals surface area (Å²) in [5.41, 5.74) is 1.17. The number of nitrogens with zero attached hydrogens (tertiary/aromatic N) is 2. The molecule has 6 nitrogen and oxygen atoms in total. The molecule has 0 unspecified atom stereocenters. The monoisotopic (exact) mass is 248 g/mol. The molecule has 18 heavy (non-hydrogen) atoms. The van der Waals surface area contributed by atoms with Gasteiger partial charge in [0.2, 0.25) is 0 Å². The van der Waals surface area contributed by atoms with Crippen molar-refractivity contribution in [1.82, 2.24) is 10.1 Å².